The minimum atomic E-state index is 0.183. The molecule has 0 amide bonds. The van der Waals surface area contributed by atoms with Crippen LogP contribution in [0, 0.1) is 0 Å². The quantitative estimate of drug-likeness (QED) is 0.847. The van der Waals surface area contributed by atoms with Gasteiger partial charge in [-0.3, -0.25) is 0 Å². The first kappa shape index (κ1) is 14.6. The van der Waals surface area contributed by atoms with Crippen molar-refractivity contribution in [3.63, 3.8) is 0 Å². The molecular formula is C18H23NO. The van der Waals surface area contributed by atoms with Gasteiger partial charge in [0.25, 0.3) is 0 Å². The number of nitrogens with two attached hydrogens (primary N) is 1. The lowest BCUT2D eigenvalue weighted by molar-refractivity contribution is 0.472. The number of ether oxygens (including phenoxy) is 1. The molecule has 0 bridgehead atoms. The molecule has 2 rings (SSSR count). The molecule has 1 atom stereocenters. The number of hydrogen-bond donors (Lipinski definition) is 1. The summed E-state index contributed by atoms with van der Waals surface area (Å²) in [4.78, 5) is 0. The Hall–Kier alpha value is -1.80. The molecule has 2 N–H and O–H groups in total. The van der Waals surface area contributed by atoms with E-state index in [1.54, 1.807) is 0 Å². The van der Waals surface area contributed by atoms with Crippen molar-refractivity contribution in [3.05, 3.63) is 59.7 Å². The van der Waals surface area contributed by atoms with E-state index >= 15 is 0 Å². The summed E-state index contributed by atoms with van der Waals surface area (Å²) in [5.41, 5.74) is 8.54. The molecular weight excluding hydrogens is 246 g/mol. The van der Waals surface area contributed by atoms with Gasteiger partial charge in [0.05, 0.1) is 0 Å². The highest BCUT2D eigenvalue weighted by Crippen LogP contribution is 2.26. The highest BCUT2D eigenvalue weighted by molar-refractivity contribution is 5.39. The van der Waals surface area contributed by atoms with Crippen molar-refractivity contribution in [1.82, 2.24) is 0 Å². The van der Waals surface area contributed by atoms with Crippen molar-refractivity contribution in [2.45, 2.75) is 39.2 Å². The molecule has 20 heavy (non-hydrogen) atoms. The van der Waals surface area contributed by atoms with Gasteiger partial charge in [0.2, 0.25) is 0 Å². The zero-order valence-corrected chi connectivity index (χ0v) is 12.3. The molecule has 0 saturated carbocycles. The molecule has 0 aliphatic carbocycles. The van der Waals surface area contributed by atoms with Gasteiger partial charge in [-0.15, -0.1) is 0 Å². The molecule has 0 saturated heterocycles. The van der Waals surface area contributed by atoms with Gasteiger partial charge in [0.1, 0.15) is 11.5 Å². The molecule has 2 aromatic carbocycles. The monoisotopic (exact) mass is 269 g/mol. The predicted octanol–water partition coefficient (Wildman–Crippen LogP) is 4.32. The first-order chi connectivity index (χ1) is 9.72. The molecule has 0 aliphatic rings. The Morgan fingerprint density at radius 3 is 2.35 bits per heavy atom. The molecule has 0 aromatic heterocycles. The maximum Gasteiger partial charge on any atom is 0.130 e. The minimum Gasteiger partial charge on any atom is -0.457 e. The van der Waals surface area contributed by atoms with Crippen molar-refractivity contribution in [2.24, 2.45) is 5.73 Å². The largest absolute Gasteiger partial charge is 0.457 e. The van der Waals surface area contributed by atoms with Crippen molar-refractivity contribution in [2.75, 3.05) is 0 Å². The Morgan fingerprint density at radius 1 is 1.00 bits per heavy atom. The smallest absolute Gasteiger partial charge is 0.130 e. The Morgan fingerprint density at radius 2 is 1.70 bits per heavy atom. The third-order valence-electron chi connectivity index (χ3n) is 3.54. The van der Waals surface area contributed by atoms with Crippen LogP contribution in [-0.4, -0.2) is 6.04 Å². The molecule has 0 heterocycles. The summed E-state index contributed by atoms with van der Waals surface area (Å²) in [5, 5.41) is 0. The van der Waals surface area contributed by atoms with Crippen LogP contribution in [0.5, 0.6) is 11.5 Å². The maximum atomic E-state index is 6.05. The summed E-state index contributed by atoms with van der Waals surface area (Å²) >= 11 is 0. The Labute approximate surface area is 121 Å². The van der Waals surface area contributed by atoms with Crippen LogP contribution in [0.1, 0.15) is 31.4 Å². The molecule has 0 spiro atoms. The van der Waals surface area contributed by atoms with Gasteiger partial charge < -0.3 is 10.5 Å². The van der Waals surface area contributed by atoms with Crippen LogP contribution >= 0.6 is 0 Å². The van der Waals surface area contributed by atoms with Gasteiger partial charge in [-0.05, 0) is 48.6 Å². The van der Waals surface area contributed by atoms with E-state index in [-0.39, 0.29) is 6.04 Å². The number of aryl methyl sites for hydroxylation is 1. The predicted molar refractivity (Wildman–Crippen MR) is 84.3 cm³/mol. The topological polar surface area (TPSA) is 35.2 Å². The van der Waals surface area contributed by atoms with E-state index in [2.05, 4.69) is 32.0 Å². The molecule has 0 aliphatic heterocycles. The van der Waals surface area contributed by atoms with Crippen molar-refractivity contribution < 1.29 is 4.74 Å². The molecule has 0 radical (unpaired) electrons. The highest BCUT2D eigenvalue weighted by Gasteiger charge is 2.08. The van der Waals surface area contributed by atoms with Gasteiger partial charge in [0.15, 0.2) is 0 Å². The summed E-state index contributed by atoms with van der Waals surface area (Å²) in [6, 6.07) is 16.6. The van der Waals surface area contributed by atoms with E-state index in [1.165, 1.54) is 11.1 Å². The number of hydrogen-bond acceptors (Lipinski definition) is 2. The maximum absolute atomic E-state index is 6.05. The van der Waals surface area contributed by atoms with Gasteiger partial charge in [0, 0.05) is 6.04 Å². The van der Waals surface area contributed by atoms with Gasteiger partial charge in [-0.25, -0.2) is 0 Å². The van der Waals surface area contributed by atoms with Crippen molar-refractivity contribution >= 4 is 0 Å². The minimum absolute atomic E-state index is 0.183. The zero-order valence-electron chi connectivity index (χ0n) is 12.3. The summed E-state index contributed by atoms with van der Waals surface area (Å²) in [6.07, 6.45) is 2.86. The average Bonchev–Trinajstić information content (AvgIpc) is 2.50. The van der Waals surface area contributed by atoms with Crippen LogP contribution in [0.15, 0.2) is 48.5 Å². The van der Waals surface area contributed by atoms with Crippen LogP contribution < -0.4 is 10.5 Å². The third-order valence-corrected chi connectivity index (χ3v) is 3.54. The third kappa shape index (κ3) is 3.84. The molecule has 2 nitrogen and oxygen atoms in total. The first-order valence-electron chi connectivity index (χ1n) is 7.33. The second-order valence-corrected chi connectivity index (χ2v) is 5.08. The average molecular weight is 269 g/mol. The summed E-state index contributed by atoms with van der Waals surface area (Å²) in [6.45, 7) is 4.26. The standard InChI is InChI=1S/C18H23NO/c1-3-14-9-11-17(12-10-14)20-18-8-6-5-7-15(18)13-16(19)4-2/h5-12,16H,3-4,13,19H2,1-2H3. The molecule has 106 valence electrons. The van der Waals surface area contributed by atoms with E-state index in [0.717, 1.165) is 30.8 Å². The molecule has 2 heteroatoms. The Bertz CT molecular complexity index is 533. The van der Waals surface area contributed by atoms with Crippen molar-refractivity contribution in [1.29, 1.82) is 0 Å². The SMILES string of the molecule is CCc1ccc(Oc2ccccc2CC(N)CC)cc1. The fraction of sp³-hybridized carbons (Fsp3) is 0.333. The number of rotatable bonds is 6. The van der Waals surface area contributed by atoms with Gasteiger partial charge in [-0.2, -0.15) is 0 Å². The van der Waals surface area contributed by atoms with Crippen molar-refractivity contribution in [3.8, 4) is 11.5 Å². The molecule has 2 aromatic rings. The normalized spacial score (nSPS) is 12.2. The van der Waals surface area contributed by atoms with Crippen LogP contribution in [-0.2, 0) is 12.8 Å². The Kier molecular flexibility index (Phi) is 5.19. The number of para-hydroxylation sites is 1. The second-order valence-electron chi connectivity index (χ2n) is 5.08. The summed E-state index contributed by atoms with van der Waals surface area (Å²) < 4.78 is 6.00. The fourth-order valence-electron chi connectivity index (χ4n) is 2.12. The van der Waals surface area contributed by atoms with Gasteiger partial charge >= 0.3 is 0 Å². The molecule has 1 unspecified atom stereocenters. The van der Waals surface area contributed by atoms with E-state index < -0.39 is 0 Å². The second kappa shape index (κ2) is 7.11. The Balaban J connectivity index is 2.15. The van der Waals surface area contributed by atoms with Crippen LogP contribution in [0.25, 0.3) is 0 Å². The van der Waals surface area contributed by atoms with E-state index in [4.69, 9.17) is 10.5 Å². The zero-order chi connectivity index (χ0) is 14.4. The van der Waals surface area contributed by atoms with Crippen LogP contribution in [0.3, 0.4) is 0 Å². The van der Waals surface area contributed by atoms with Crippen LogP contribution in [0.4, 0.5) is 0 Å². The van der Waals surface area contributed by atoms with E-state index in [0.29, 0.717) is 0 Å². The summed E-state index contributed by atoms with van der Waals surface area (Å²) in [7, 11) is 0. The molecule has 0 fully saturated rings. The van der Waals surface area contributed by atoms with Gasteiger partial charge in [-0.1, -0.05) is 44.2 Å². The lowest BCUT2D eigenvalue weighted by atomic mass is 10.0. The first-order valence-corrected chi connectivity index (χ1v) is 7.33. The van der Waals surface area contributed by atoms with E-state index in [9.17, 15) is 0 Å². The lowest BCUT2D eigenvalue weighted by Crippen LogP contribution is -2.21. The van der Waals surface area contributed by atoms with E-state index in [1.807, 2.05) is 30.3 Å². The lowest BCUT2D eigenvalue weighted by Gasteiger charge is -2.14. The fourth-order valence-corrected chi connectivity index (χ4v) is 2.12. The highest BCUT2D eigenvalue weighted by atomic mass is 16.5. The summed E-state index contributed by atoms with van der Waals surface area (Å²) in [5.74, 6) is 1.78. The number of benzene rings is 2. The van der Waals surface area contributed by atoms with Crippen LogP contribution in [0.2, 0.25) is 0 Å².